The van der Waals surface area contributed by atoms with Crippen LogP contribution in [0, 0.1) is 0 Å². The Labute approximate surface area is 163 Å². The molecule has 2 aromatic rings. The monoisotopic (exact) mass is 425 g/mol. The molecule has 0 saturated carbocycles. The van der Waals surface area contributed by atoms with E-state index in [4.69, 9.17) is 21.1 Å². The lowest BCUT2D eigenvalue weighted by Crippen LogP contribution is -2.35. The highest BCUT2D eigenvalue weighted by Crippen LogP contribution is 2.38. The minimum atomic E-state index is 0.0531. The third-order valence-electron chi connectivity index (χ3n) is 3.52. The summed E-state index contributed by atoms with van der Waals surface area (Å²) in [5, 5.41) is 4.18. The molecule has 0 heterocycles. The maximum Gasteiger partial charge on any atom is 0.175 e. The molecule has 0 aliphatic heterocycles. The maximum absolute atomic E-state index is 6.21. The van der Waals surface area contributed by atoms with E-state index in [1.54, 1.807) is 0 Å². The van der Waals surface area contributed by atoms with Crippen LogP contribution in [-0.2, 0) is 13.2 Å². The summed E-state index contributed by atoms with van der Waals surface area (Å²) in [4.78, 5) is 0. The van der Waals surface area contributed by atoms with Crippen LogP contribution in [0.3, 0.4) is 0 Å². The highest BCUT2D eigenvalue weighted by Gasteiger charge is 2.15. The lowest BCUT2D eigenvalue weighted by Gasteiger charge is -2.21. The van der Waals surface area contributed by atoms with E-state index in [9.17, 15) is 0 Å². The molecule has 136 valence electrons. The molecule has 0 amide bonds. The molecule has 0 radical (unpaired) electrons. The van der Waals surface area contributed by atoms with Crippen LogP contribution in [0.5, 0.6) is 11.5 Å². The van der Waals surface area contributed by atoms with Gasteiger partial charge in [-0.05, 0) is 67.4 Å². The summed E-state index contributed by atoms with van der Waals surface area (Å²) in [5.41, 5.74) is 2.13. The molecule has 0 unspecified atom stereocenters. The van der Waals surface area contributed by atoms with Crippen molar-refractivity contribution < 1.29 is 9.47 Å². The van der Waals surface area contributed by atoms with Crippen molar-refractivity contribution in [3.05, 3.63) is 57.0 Å². The summed E-state index contributed by atoms with van der Waals surface area (Å²) in [6, 6.07) is 11.8. The minimum absolute atomic E-state index is 0.0531. The molecule has 25 heavy (non-hydrogen) atoms. The highest BCUT2D eigenvalue weighted by molar-refractivity contribution is 9.10. The second kappa shape index (κ2) is 8.93. The fraction of sp³-hybridized carbons (Fsp3) is 0.400. The zero-order chi connectivity index (χ0) is 18.4. The van der Waals surface area contributed by atoms with E-state index < -0.39 is 0 Å². The fourth-order valence-electron chi connectivity index (χ4n) is 2.26. The first kappa shape index (κ1) is 20.1. The molecule has 0 bridgehead atoms. The van der Waals surface area contributed by atoms with Crippen molar-refractivity contribution in [2.75, 3.05) is 6.61 Å². The normalized spacial score (nSPS) is 11.4. The van der Waals surface area contributed by atoms with Gasteiger partial charge in [0.2, 0.25) is 0 Å². The molecular weight excluding hydrogens is 402 g/mol. The van der Waals surface area contributed by atoms with Crippen LogP contribution < -0.4 is 14.8 Å². The van der Waals surface area contributed by atoms with Crippen LogP contribution in [0.2, 0.25) is 5.02 Å². The van der Waals surface area contributed by atoms with Crippen LogP contribution in [0.1, 0.15) is 38.8 Å². The number of hydrogen-bond donors (Lipinski definition) is 1. The molecule has 0 aliphatic carbocycles. The summed E-state index contributed by atoms with van der Waals surface area (Å²) >= 11 is 9.82. The van der Waals surface area contributed by atoms with Crippen LogP contribution in [0.4, 0.5) is 0 Å². The maximum atomic E-state index is 6.21. The van der Waals surface area contributed by atoms with Gasteiger partial charge in [-0.3, -0.25) is 0 Å². The molecule has 2 aromatic carbocycles. The zero-order valence-corrected chi connectivity index (χ0v) is 17.5. The van der Waals surface area contributed by atoms with Gasteiger partial charge < -0.3 is 14.8 Å². The average molecular weight is 427 g/mol. The Hall–Kier alpha value is -1.23. The quantitative estimate of drug-likeness (QED) is 0.592. The minimum Gasteiger partial charge on any atom is -0.490 e. The predicted octanol–water partition coefficient (Wildman–Crippen LogP) is 5.97. The molecule has 5 heteroatoms. The lowest BCUT2D eigenvalue weighted by molar-refractivity contribution is 0.267. The smallest absolute Gasteiger partial charge is 0.175 e. The third-order valence-corrected chi connectivity index (χ3v) is 4.48. The number of benzene rings is 2. The number of ether oxygens (including phenoxy) is 2. The van der Waals surface area contributed by atoms with Crippen LogP contribution in [0.25, 0.3) is 0 Å². The Kier molecular flexibility index (Phi) is 7.17. The molecule has 3 nitrogen and oxygen atoms in total. The van der Waals surface area contributed by atoms with Gasteiger partial charge in [-0.15, -0.1) is 0 Å². The van der Waals surface area contributed by atoms with Gasteiger partial charge in [0.15, 0.2) is 11.5 Å². The largest absolute Gasteiger partial charge is 0.490 e. The van der Waals surface area contributed by atoms with E-state index in [2.05, 4.69) is 48.1 Å². The van der Waals surface area contributed by atoms with Gasteiger partial charge in [-0.25, -0.2) is 0 Å². The molecule has 2 rings (SSSR count). The Balaban J connectivity index is 2.20. The second-order valence-corrected chi connectivity index (χ2v) is 8.08. The summed E-state index contributed by atoms with van der Waals surface area (Å²) in [6.07, 6.45) is 0. The molecule has 1 N–H and O–H groups in total. The van der Waals surface area contributed by atoms with Crippen LogP contribution >= 0.6 is 27.5 Å². The summed E-state index contributed by atoms with van der Waals surface area (Å²) in [6.45, 7) is 10.1. The van der Waals surface area contributed by atoms with E-state index in [-0.39, 0.29) is 5.54 Å². The van der Waals surface area contributed by atoms with E-state index in [1.807, 2.05) is 37.3 Å². The number of hydrogen-bond acceptors (Lipinski definition) is 3. The van der Waals surface area contributed by atoms with E-state index >= 15 is 0 Å². The van der Waals surface area contributed by atoms with Crippen molar-refractivity contribution in [1.29, 1.82) is 0 Å². The molecule has 0 aromatic heterocycles. The topological polar surface area (TPSA) is 30.5 Å². The number of nitrogens with one attached hydrogen (secondary N) is 1. The summed E-state index contributed by atoms with van der Waals surface area (Å²) < 4.78 is 12.7. The Morgan fingerprint density at radius 2 is 1.84 bits per heavy atom. The van der Waals surface area contributed by atoms with Gasteiger partial charge in [-0.2, -0.15) is 0 Å². The molecule has 0 saturated heterocycles. The predicted molar refractivity (Wildman–Crippen MR) is 108 cm³/mol. The standard InChI is InChI=1S/C20H25BrClNO2/c1-5-24-18-11-14(12-23-20(2,3)4)10-16(21)19(18)25-13-15-8-6-7-9-17(15)22/h6-11,23H,5,12-13H2,1-4H3. The first-order valence-electron chi connectivity index (χ1n) is 8.36. The second-order valence-electron chi connectivity index (χ2n) is 6.82. The van der Waals surface area contributed by atoms with Crippen molar-refractivity contribution in [2.45, 2.75) is 46.4 Å². The zero-order valence-electron chi connectivity index (χ0n) is 15.2. The van der Waals surface area contributed by atoms with E-state index in [1.165, 1.54) is 0 Å². The SMILES string of the molecule is CCOc1cc(CNC(C)(C)C)cc(Br)c1OCc1ccccc1Cl. The summed E-state index contributed by atoms with van der Waals surface area (Å²) in [7, 11) is 0. The van der Waals surface area contributed by atoms with E-state index in [0.29, 0.717) is 24.0 Å². The van der Waals surface area contributed by atoms with Gasteiger partial charge in [0.25, 0.3) is 0 Å². The highest BCUT2D eigenvalue weighted by atomic mass is 79.9. The van der Waals surface area contributed by atoms with Crippen molar-refractivity contribution in [2.24, 2.45) is 0 Å². The molecular formula is C20H25BrClNO2. The first-order chi connectivity index (χ1) is 11.8. The Bertz CT molecular complexity index is 713. The summed E-state index contributed by atoms with van der Waals surface area (Å²) in [5.74, 6) is 1.43. The lowest BCUT2D eigenvalue weighted by atomic mass is 10.1. The van der Waals surface area contributed by atoms with Crippen LogP contribution in [-0.4, -0.2) is 12.1 Å². The van der Waals surface area contributed by atoms with Crippen molar-refractivity contribution >= 4 is 27.5 Å². The Morgan fingerprint density at radius 3 is 2.48 bits per heavy atom. The first-order valence-corrected chi connectivity index (χ1v) is 9.53. The Morgan fingerprint density at radius 1 is 1.12 bits per heavy atom. The number of halogens is 2. The van der Waals surface area contributed by atoms with Gasteiger partial charge in [0.05, 0.1) is 11.1 Å². The molecule has 0 spiro atoms. The van der Waals surface area contributed by atoms with Gasteiger partial charge in [-0.1, -0.05) is 29.8 Å². The van der Waals surface area contributed by atoms with Crippen molar-refractivity contribution in [1.82, 2.24) is 5.32 Å². The van der Waals surface area contributed by atoms with Crippen molar-refractivity contribution in [3.63, 3.8) is 0 Å². The van der Waals surface area contributed by atoms with Gasteiger partial charge in [0, 0.05) is 22.7 Å². The van der Waals surface area contributed by atoms with Crippen LogP contribution in [0.15, 0.2) is 40.9 Å². The molecule has 0 atom stereocenters. The van der Waals surface area contributed by atoms with Gasteiger partial charge >= 0.3 is 0 Å². The third kappa shape index (κ3) is 6.21. The van der Waals surface area contributed by atoms with Crippen molar-refractivity contribution in [3.8, 4) is 11.5 Å². The van der Waals surface area contributed by atoms with Gasteiger partial charge in [0.1, 0.15) is 6.61 Å². The number of rotatable bonds is 7. The van der Waals surface area contributed by atoms with E-state index in [0.717, 1.165) is 27.9 Å². The molecule has 0 fully saturated rings. The fourth-order valence-corrected chi connectivity index (χ4v) is 3.05. The average Bonchev–Trinajstić information content (AvgIpc) is 2.53. The molecule has 0 aliphatic rings.